The maximum absolute atomic E-state index is 12.5. The van der Waals surface area contributed by atoms with Gasteiger partial charge in [-0.05, 0) is 47.5 Å². The van der Waals surface area contributed by atoms with Gasteiger partial charge >= 0.3 is 0 Å². The second-order valence-electron chi connectivity index (χ2n) is 4.77. The molecule has 1 heterocycles. The zero-order valence-electron chi connectivity index (χ0n) is 11.5. The number of anilines is 1. The van der Waals surface area contributed by atoms with Gasteiger partial charge in [-0.25, -0.2) is 8.42 Å². The van der Waals surface area contributed by atoms with Gasteiger partial charge in [0.2, 0.25) is 0 Å². The molecule has 7 heteroatoms. The summed E-state index contributed by atoms with van der Waals surface area (Å²) in [7, 11) is -1.78. The number of hydrogen-bond acceptors (Lipinski definition) is 4. The second kappa shape index (κ2) is 5.21. The first-order chi connectivity index (χ1) is 9.22. The predicted octanol–water partition coefficient (Wildman–Crippen LogP) is 2.36. The Hall–Kier alpha value is -1.34. The minimum atomic E-state index is -3.51. The van der Waals surface area contributed by atoms with Crippen molar-refractivity contribution in [3.63, 3.8) is 0 Å². The summed E-state index contributed by atoms with van der Waals surface area (Å²) in [6.07, 6.45) is 0. The Morgan fingerprint density at radius 3 is 2.50 bits per heavy atom. The monoisotopic (exact) mass is 357 g/mol. The number of nitrogen functional groups attached to an aromatic ring is 1. The standard InChI is InChI=1S/C13H16BrN3O2S/c1-8-4-5-12(10(15)6-8)20(18,19)7-11-13(14)9(2)16-17(11)3/h4-6H,7,15H2,1-3H3. The van der Waals surface area contributed by atoms with E-state index in [4.69, 9.17) is 5.73 Å². The van der Waals surface area contributed by atoms with Crippen LogP contribution in [0.5, 0.6) is 0 Å². The third-order valence-corrected chi connectivity index (χ3v) is 5.82. The van der Waals surface area contributed by atoms with Crippen LogP contribution >= 0.6 is 15.9 Å². The molecule has 0 bridgehead atoms. The van der Waals surface area contributed by atoms with Crippen LogP contribution in [-0.2, 0) is 22.6 Å². The summed E-state index contributed by atoms with van der Waals surface area (Å²) in [6, 6.07) is 4.96. The van der Waals surface area contributed by atoms with E-state index in [1.54, 1.807) is 29.9 Å². The fourth-order valence-electron chi connectivity index (χ4n) is 2.05. The van der Waals surface area contributed by atoms with Gasteiger partial charge in [-0.2, -0.15) is 5.10 Å². The fraction of sp³-hybridized carbons (Fsp3) is 0.308. The van der Waals surface area contributed by atoms with E-state index in [9.17, 15) is 8.42 Å². The zero-order valence-corrected chi connectivity index (χ0v) is 13.9. The largest absolute Gasteiger partial charge is 0.398 e. The van der Waals surface area contributed by atoms with Crippen molar-refractivity contribution in [2.45, 2.75) is 24.5 Å². The molecule has 0 saturated carbocycles. The number of rotatable bonds is 3. The smallest absolute Gasteiger partial charge is 0.186 e. The van der Waals surface area contributed by atoms with Gasteiger partial charge in [-0.1, -0.05) is 6.07 Å². The lowest BCUT2D eigenvalue weighted by Crippen LogP contribution is -2.11. The lowest BCUT2D eigenvalue weighted by molar-refractivity contribution is 0.592. The third-order valence-electron chi connectivity index (χ3n) is 3.09. The van der Waals surface area contributed by atoms with Crippen LogP contribution in [0.25, 0.3) is 0 Å². The molecule has 0 atom stereocenters. The molecule has 0 fully saturated rings. The molecular formula is C13H16BrN3O2S. The zero-order chi connectivity index (χ0) is 15.1. The number of hydrogen-bond donors (Lipinski definition) is 1. The molecule has 1 aromatic carbocycles. The van der Waals surface area contributed by atoms with Crippen molar-refractivity contribution < 1.29 is 8.42 Å². The summed E-state index contributed by atoms with van der Waals surface area (Å²) in [5, 5.41) is 4.20. The number of nitrogens with zero attached hydrogens (tertiary/aromatic N) is 2. The molecule has 0 amide bonds. The molecule has 0 saturated heterocycles. The molecule has 108 valence electrons. The van der Waals surface area contributed by atoms with Crippen molar-refractivity contribution in [2.24, 2.45) is 7.05 Å². The van der Waals surface area contributed by atoms with E-state index in [0.29, 0.717) is 10.2 Å². The summed E-state index contributed by atoms with van der Waals surface area (Å²) in [6.45, 7) is 3.69. The van der Waals surface area contributed by atoms with E-state index in [-0.39, 0.29) is 16.3 Å². The molecule has 0 spiro atoms. The van der Waals surface area contributed by atoms with Crippen molar-refractivity contribution in [1.29, 1.82) is 0 Å². The molecule has 2 aromatic rings. The maximum atomic E-state index is 12.5. The van der Waals surface area contributed by atoms with Gasteiger partial charge in [0.05, 0.1) is 32.2 Å². The van der Waals surface area contributed by atoms with Gasteiger partial charge in [0.25, 0.3) is 0 Å². The Kier molecular flexibility index (Phi) is 3.93. The SMILES string of the molecule is Cc1ccc(S(=O)(=O)Cc2c(Br)c(C)nn2C)c(N)c1. The number of aryl methyl sites for hydroxylation is 3. The number of nitrogens with two attached hydrogens (primary N) is 1. The summed E-state index contributed by atoms with van der Waals surface area (Å²) < 4.78 is 27.3. The lowest BCUT2D eigenvalue weighted by Gasteiger charge is -2.09. The van der Waals surface area contributed by atoms with Crippen LogP contribution in [-0.4, -0.2) is 18.2 Å². The number of aromatic nitrogens is 2. The summed E-state index contributed by atoms with van der Waals surface area (Å²) in [5.74, 6) is -0.141. The first-order valence-electron chi connectivity index (χ1n) is 5.99. The Balaban J connectivity index is 2.46. The molecule has 0 aliphatic rings. The number of halogens is 1. The average molecular weight is 358 g/mol. The van der Waals surface area contributed by atoms with E-state index < -0.39 is 9.84 Å². The molecule has 2 N–H and O–H groups in total. The van der Waals surface area contributed by atoms with Crippen LogP contribution in [0, 0.1) is 13.8 Å². The van der Waals surface area contributed by atoms with Crippen LogP contribution in [0.2, 0.25) is 0 Å². The summed E-state index contributed by atoms with van der Waals surface area (Å²) >= 11 is 3.38. The minimum absolute atomic E-state index is 0.141. The molecule has 0 aliphatic heterocycles. The molecular weight excluding hydrogens is 342 g/mol. The topological polar surface area (TPSA) is 78.0 Å². The predicted molar refractivity (Wildman–Crippen MR) is 82.1 cm³/mol. The molecule has 0 radical (unpaired) electrons. The van der Waals surface area contributed by atoms with Crippen molar-refractivity contribution in [1.82, 2.24) is 9.78 Å². The van der Waals surface area contributed by atoms with Crippen molar-refractivity contribution in [3.05, 3.63) is 39.6 Å². The highest BCUT2D eigenvalue weighted by atomic mass is 79.9. The summed E-state index contributed by atoms with van der Waals surface area (Å²) in [5.41, 5.74) is 8.41. The van der Waals surface area contributed by atoms with E-state index in [0.717, 1.165) is 11.3 Å². The van der Waals surface area contributed by atoms with Crippen LogP contribution in [0.4, 0.5) is 5.69 Å². The van der Waals surface area contributed by atoms with Crippen LogP contribution in [0.3, 0.4) is 0 Å². The quantitative estimate of drug-likeness (QED) is 0.855. The van der Waals surface area contributed by atoms with Crippen LogP contribution in [0.15, 0.2) is 27.6 Å². The maximum Gasteiger partial charge on any atom is 0.186 e. The average Bonchev–Trinajstić information content (AvgIpc) is 2.55. The second-order valence-corrected chi connectivity index (χ2v) is 7.52. The molecule has 0 unspecified atom stereocenters. The molecule has 0 aliphatic carbocycles. The van der Waals surface area contributed by atoms with E-state index >= 15 is 0 Å². The van der Waals surface area contributed by atoms with Crippen molar-refractivity contribution >= 4 is 31.5 Å². The number of benzene rings is 1. The fourth-order valence-corrected chi connectivity index (χ4v) is 4.25. The van der Waals surface area contributed by atoms with Gasteiger partial charge < -0.3 is 5.73 Å². The first kappa shape index (κ1) is 15.1. The summed E-state index contributed by atoms with van der Waals surface area (Å²) in [4.78, 5) is 0.161. The minimum Gasteiger partial charge on any atom is -0.398 e. The van der Waals surface area contributed by atoms with Gasteiger partial charge in [0, 0.05) is 7.05 Å². The Morgan fingerprint density at radius 2 is 2.00 bits per heavy atom. The molecule has 1 aromatic heterocycles. The van der Waals surface area contributed by atoms with Gasteiger partial charge in [0.15, 0.2) is 9.84 Å². The van der Waals surface area contributed by atoms with Crippen molar-refractivity contribution in [2.75, 3.05) is 5.73 Å². The van der Waals surface area contributed by atoms with E-state index in [1.807, 2.05) is 13.8 Å². The van der Waals surface area contributed by atoms with E-state index in [1.165, 1.54) is 0 Å². The van der Waals surface area contributed by atoms with Gasteiger partial charge in [-0.15, -0.1) is 0 Å². The van der Waals surface area contributed by atoms with Crippen molar-refractivity contribution in [3.8, 4) is 0 Å². The Labute approximate surface area is 126 Å². The van der Waals surface area contributed by atoms with Crippen LogP contribution in [0.1, 0.15) is 17.0 Å². The Morgan fingerprint density at radius 1 is 1.35 bits per heavy atom. The van der Waals surface area contributed by atoms with Crippen LogP contribution < -0.4 is 5.73 Å². The highest BCUT2D eigenvalue weighted by Gasteiger charge is 2.23. The first-order valence-corrected chi connectivity index (χ1v) is 8.44. The highest BCUT2D eigenvalue weighted by molar-refractivity contribution is 9.10. The lowest BCUT2D eigenvalue weighted by atomic mass is 10.2. The number of sulfone groups is 1. The van der Waals surface area contributed by atoms with Gasteiger partial charge in [-0.3, -0.25) is 4.68 Å². The van der Waals surface area contributed by atoms with Gasteiger partial charge in [0.1, 0.15) is 0 Å². The Bertz CT molecular complexity index is 766. The normalized spacial score (nSPS) is 11.8. The third kappa shape index (κ3) is 2.73. The van der Waals surface area contributed by atoms with E-state index in [2.05, 4.69) is 21.0 Å². The molecule has 20 heavy (non-hydrogen) atoms. The molecule has 5 nitrogen and oxygen atoms in total. The highest BCUT2D eigenvalue weighted by Crippen LogP contribution is 2.27. The molecule has 2 rings (SSSR count).